The fraction of sp³-hybridized carbons (Fsp3) is 0.227. The number of nitrogens with one attached hydrogen (secondary N) is 3. The number of aromatic nitrogens is 2. The maximum Gasteiger partial charge on any atom is 0.257 e. The minimum Gasteiger partial charge on any atom is -0.376 e. The van der Waals surface area contributed by atoms with E-state index in [0.29, 0.717) is 6.42 Å². The van der Waals surface area contributed by atoms with E-state index in [1.807, 2.05) is 68.6 Å². The second kappa shape index (κ2) is 9.54. The van der Waals surface area contributed by atoms with Crippen molar-refractivity contribution in [3.63, 3.8) is 0 Å². The molecule has 0 aliphatic carbocycles. The summed E-state index contributed by atoms with van der Waals surface area (Å²) in [5.41, 5.74) is 9.92. The minimum absolute atomic E-state index is 0.0774. The number of hydrogen-bond donors (Lipinski definition) is 3. The van der Waals surface area contributed by atoms with Crippen LogP contribution in [0.2, 0.25) is 0 Å². The van der Waals surface area contributed by atoms with E-state index >= 15 is 0 Å². The Morgan fingerprint density at radius 2 is 1.76 bits per heavy atom. The number of para-hydroxylation sites is 1. The van der Waals surface area contributed by atoms with Gasteiger partial charge in [-0.2, -0.15) is 5.10 Å². The summed E-state index contributed by atoms with van der Waals surface area (Å²) in [7, 11) is 0. The summed E-state index contributed by atoms with van der Waals surface area (Å²) in [6.07, 6.45) is 4.43. The normalized spacial score (nSPS) is 10.4. The smallest absolute Gasteiger partial charge is 0.257 e. The Morgan fingerprint density at radius 3 is 2.52 bits per heavy atom. The van der Waals surface area contributed by atoms with Crippen molar-refractivity contribution in [2.45, 2.75) is 26.7 Å². The molecule has 1 aromatic heterocycles. The Bertz CT molecular complexity index is 982. The standard InChI is InChI=1S/C22H25N5O2/c1-16-8-10-20(17(2)12-16)23-14-22(29)26-25-21(28)11-9-18-13-24-27(15-18)19-6-4-3-5-7-19/h3-8,10,12-13,15,23H,9,11,14H2,1-2H3,(H,25,28)(H,26,29). The fourth-order valence-corrected chi connectivity index (χ4v) is 2.90. The second-order valence-corrected chi connectivity index (χ2v) is 6.90. The van der Waals surface area contributed by atoms with Gasteiger partial charge in [-0.15, -0.1) is 0 Å². The zero-order valence-electron chi connectivity index (χ0n) is 16.6. The number of benzene rings is 2. The third-order valence-corrected chi connectivity index (χ3v) is 4.46. The highest BCUT2D eigenvalue weighted by Crippen LogP contribution is 2.15. The lowest BCUT2D eigenvalue weighted by Gasteiger charge is -2.11. The summed E-state index contributed by atoms with van der Waals surface area (Å²) < 4.78 is 1.77. The average molecular weight is 391 g/mol. The predicted molar refractivity (Wildman–Crippen MR) is 113 cm³/mol. The minimum atomic E-state index is -0.310. The number of aryl methyl sites for hydroxylation is 3. The van der Waals surface area contributed by atoms with Crippen LogP contribution in [0.15, 0.2) is 60.9 Å². The van der Waals surface area contributed by atoms with E-state index in [4.69, 9.17) is 0 Å². The molecule has 7 heteroatoms. The van der Waals surface area contributed by atoms with E-state index in [-0.39, 0.29) is 24.8 Å². The molecule has 3 aromatic rings. The molecule has 2 amide bonds. The Hall–Kier alpha value is -3.61. The largest absolute Gasteiger partial charge is 0.376 e. The van der Waals surface area contributed by atoms with Crippen LogP contribution in [0.25, 0.3) is 5.69 Å². The number of anilines is 1. The summed E-state index contributed by atoms with van der Waals surface area (Å²) in [6.45, 7) is 4.08. The first-order chi connectivity index (χ1) is 14.0. The monoisotopic (exact) mass is 391 g/mol. The highest BCUT2D eigenvalue weighted by molar-refractivity contribution is 5.84. The number of carbonyl (C=O) groups excluding carboxylic acids is 2. The van der Waals surface area contributed by atoms with Gasteiger partial charge < -0.3 is 5.32 Å². The van der Waals surface area contributed by atoms with Gasteiger partial charge in [-0.3, -0.25) is 20.4 Å². The predicted octanol–water partition coefficient (Wildman–Crippen LogP) is 2.68. The molecule has 3 N–H and O–H groups in total. The van der Waals surface area contributed by atoms with Gasteiger partial charge in [-0.05, 0) is 49.6 Å². The molecule has 0 radical (unpaired) electrons. The van der Waals surface area contributed by atoms with Crippen molar-refractivity contribution in [2.24, 2.45) is 0 Å². The Kier molecular flexibility index (Phi) is 6.63. The molecule has 0 saturated heterocycles. The number of hydrazine groups is 1. The van der Waals surface area contributed by atoms with Crippen molar-refractivity contribution in [3.8, 4) is 5.69 Å². The van der Waals surface area contributed by atoms with Crippen LogP contribution in [0.5, 0.6) is 0 Å². The molecule has 0 spiro atoms. The summed E-state index contributed by atoms with van der Waals surface area (Å²) >= 11 is 0. The van der Waals surface area contributed by atoms with Crippen molar-refractivity contribution in [1.82, 2.24) is 20.6 Å². The number of rotatable bonds is 7. The van der Waals surface area contributed by atoms with Crippen LogP contribution in [0.4, 0.5) is 5.69 Å². The zero-order chi connectivity index (χ0) is 20.6. The molecule has 7 nitrogen and oxygen atoms in total. The molecular weight excluding hydrogens is 366 g/mol. The van der Waals surface area contributed by atoms with Gasteiger partial charge in [0.2, 0.25) is 5.91 Å². The van der Waals surface area contributed by atoms with Crippen LogP contribution in [-0.4, -0.2) is 28.1 Å². The maximum atomic E-state index is 12.0. The number of carbonyl (C=O) groups is 2. The lowest BCUT2D eigenvalue weighted by molar-refractivity contribution is -0.128. The maximum absolute atomic E-state index is 12.0. The van der Waals surface area contributed by atoms with E-state index in [2.05, 4.69) is 21.3 Å². The van der Waals surface area contributed by atoms with Gasteiger partial charge in [-0.1, -0.05) is 35.9 Å². The average Bonchev–Trinajstić information content (AvgIpc) is 3.20. The van der Waals surface area contributed by atoms with Crippen LogP contribution < -0.4 is 16.2 Å². The van der Waals surface area contributed by atoms with Gasteiger partial charge in [0, 0.05) is 18.3 Å². The summed E-state index contributed by atoms with van der Waals surface area (Å²) in [6, 6.07) is 15.7. The van der Waals surface area contributed by atoms with Crippen molar-refractivity contribution < 1.29 is 9.59 Å². The highest BCUT2D eigenvalue weighted by Gasteiger charge is 2.07. The molecule has 0 aliphatic rings. The molecule has 0 aliphatic heterocycles. The van der Waals surface area contributed by atoms with E-state index in [9.17, 15) is 9.59 Å². The third-order valence-electron chi connectivity index (χ3n) is 4.46. The van der Waals surface area contributed by atoms with Gasteiger partial charge >= 0.3 is 0 Å². The Labute approximate surface area is 170 Å². The number of amides is 2. The van der Waals surface area contributed by atoms with Gasteiger partial charge in [0.05, 0.1) is 18.4 Å². The van der Waals surface area contributed by atoms with Gasteiger partial charge in [0.1, 0.15) is 0 Å². The van der Waals surface area contributed by atoms with Crippen LogP contribution in [0, 0.1) is 13.8 Å². The molecule has 1 heterocycles. The van der Waals surface area contributed by atoms with E-state index in [1.165, 1.54) is 5.56 Å². The second-order valence-electron chi connectivity index (χ2n) is 6.90. The Balaban J connectivity index is 1.38. The van der Waals surface area contributed by atoms with Crippen LogP contribution in [-0.2, 0) is 16.0 Å². The molecule has 0 atom stereocenters. The highest BCUT2D eigenvalue weighted by atomic mass is 16.2. The van der Waals surface area contributed by atoms with E-state index in [1.54, 1.807) is 10.9 Å². The molecule has 29 heavy (non-hydrogen) atoms. The van der Waals surface area contributed by atoms with Crippen LogP contribution in [0.1, 0.15) is 23.1 Å². The molecule has 0 saturated carbocycles. The topological polar surface area (TPSA) is 88.1 Å². The molecule has 150 valence electrons. The zero-order valence-corrected chi connectivity index (χ0v) is 16.6. The lowest BCUT2D eigenvalue weighted by atomic mass is 10.1. The summed E-state index contributed by atoms with van der Waals surface area (Å²) in [5, 5.41) is 7.38. The molecule has 0 bridgehead atoms. The van der Waals surface area contributed by atoms with Gasteiger partial charge in [-0.25, -0.2) is 4.68 Å². The number of hydrogen-bond acceptors (Lipinski definition) is 4. The summed E-state index contributed by atoms with van der Waals surface area (Å²) in [5.74, 6) is -0.562. The third kappa shape index (κ3) is 5.93. The molecule has 3 rings (SSSR count). The quantitative estimate of drug-likeness (QED) is 0.541. The van der Waals surface area contributed by atoms with Crippen LogP contribution >= 0.6 is 0 Å². The van der Waals surface area contributed by atoms with Gasteiger partial charge in [0.15, 0.2) is 0 Å². The van der Waals surface area contributed by atoms with Crippen molar-refractivity contribution in [2.75, 3.05) is 11.9 Å². The van der Waals surface area contributed by atoms with Crippen molar-refractivity contribution in [3.05, 3.63) is 77.6 Å². The first kappa shape index (κ1) is 20.1. The first-order valence-electron chi connectivity index (χ1n) is 9.49. The number of nitrogens with zero attached hydrogens (tertiary/aromatic N) is 2. The van der Waals surface area contributed by atoms with Crippen LogP contribution in [0.3, 0.4) is 0 Å². The SMILES string of the molecule is Cc1ccc(NCC(=O)NNC(=O)CCc2cnn(-c3ccccc3)c2)c(C)c1. The Morgan fingerprint density at radius 1 is 1.00 bits per heavy atom. The van der Waals surface area contributed by atoms with Crippen molar-refractivity contribution >= 4 is 17.5 Å². The lowest BCUT2D eigenvalue weighted by Crippen LogP contribution is -2.44. The van der Waals surface area contributed by atoms with Gasteiger partial charge in [0.25, 0.3) is 5.91 Å². The molecule has 0 fully saturated rings. The fourth-order valence-electron chi connectivity index (χ4n) is 2.90. The van der Waals surface area contributed by atoms with E-state index in [0.717, 1.165) is 22.5 Å². The summed E-state index contributed by atoms with van der Waals surface area (Å²) in [4.78, 5) is 23.9. The molecule has 2 aromatic carbocycles. The van der Waals surface area contributed by atoms with E-state index < -0.39 is 0 Å². The molecular formula is C22H25N5O2. The van der Waals surface area contributed by atoms with Crippen molar-refractivity contribution in [1.29, 1.82) is 0 Å². The molecule has 0 unspecified atom stereocenters. The first-order valence-corrected chi connectivity index (χ1v) is 9.49.